The number of aryl methyl sites for hydroxylation is 1. The van der Waals surface area contributed by atoms with Crippen LogP contribution in [0.4, 0.5) is 0 Å². The summed E-state index contributed by atoms with van der Waals surface area (Å²) < 4.78 is 12.3. The first-order valence-corrected chi connectivity index (χ1v) is 9.97. The first-order valence-electron chi connectivity index (χ1n) is 9.97. The maximum Gasteiger partial charge on any atom is 0.133 e. The first-order chi connectivity index (χ1) is 13.0. The molecule has 3 nitrogen and oxygen atoms in total. The van der Waals surface area contributed by atoms with Gasteiger partial charge in [0.1, 0.15) is 29.5 Å². The van der Waals surface area contributed by atoms with Gasteiger partial charge >= 0.3 is 0 Å². The van der Waals surface area contributed by atoms with E-state index in [0.29, 0.717) is 12.4 Å². The van der Waals surface area contributed by atoms with Crippen LogP contribution in [0.5, 0.6) is 17.2 Å². The fraction of sp³-hybridized carbons (Fsp3) is 0.417. The van der Waals surface area contributed by atoms with Crippen molar-refractivity contribution in [3.63, 3.8) is 0 Å². The first kappa shape index (κ1) is 18.0. The summed E-state index contributed by atoms with van der Waals surface area (Å²) in [7, 11) is 0. The molecule has 2 heterocycles. The average molecular weight is 364 g/mol. The molecule has 0 bridgehead atoms. The smallest absolute Gasteiger partial charge is 0.133 e. The maximum absolute atomic E-state index is 10.5. The van der Waals surface area contributed by atoms with E-state index >= 15 is 0 Å². The van der Waals surface area contributed by atoms with Gasteiger partial charge in [0.15, 0.2) is 0 Å². The molecule has 0 aromatic heterocycles. The number of aromatic hydroxyl groups is 1. The number of phenols is 1. The molecule has 27 heavy (non-hydrogen) atoms. The lowest BCUT2D eigenvalue weighted by molar-refractivity contribution is 0.0834. The largest absolute Gasteiger partial charge is 0.507 e. The average Bonchev–Trinajstić information content (AvgIpc) is 2.65. The van der Waals surface area contributed by atoms with E-state index in [-0.39, 0.29) is 5.60 Å². The molecular weight excluding hydrogens is 336 g/mol. The van der Waals surface area contributed by atoms with Crippen molar-refractivity contribution in [1.29, 1.82) is 0 Å². The van der Waals surface area contributed by atoms with Crippen LogP contribution >= 0.6 is 0 Å². The molecule has 2 aromatic rings. The summed E-state index contributed by atoms with van der Waals surface area (Å²) in [6.45, 7) is 6.90. The topological polar surface area (TPSA) is 38.7 Å². The van der Waals surface area contributed by atoms with Crippen LogP contribution in [0.1, 0.15) is 62.3 Å². The van der Waals surface area contributed by atoms with Gasteiger partial charge in [-0.3, -0.25) is 0 Å². The van der Waals surface area contributed by atoms with Crippen molar-refractivity contribution in [3.05, 3.63) is 52.6 Å². The number of benzene rings is 2. The van der Waals surface area contributed by atoms with E-state index in [9.17, 15) is 5.11 Å². The number of phenolic OH excluding ortho intramolecular Hbond substituents is 1. The van der Waals surface area contributed by atoms with Crippen LogP contribution < -0.4 is 9.47 Å². The predicted molar refractivity (Wildman–Crippen MR) is 110 cm³/mol. The Morgan fingerprint density at radius 1 is 1.15 bits per heavy atom. The van der Waals surface area contributed by atoms with E-state index in [4.69, 9.17) is 9.47 Å². The molecule has 0 saturated heterocycles. The molecule has 2 aromatic carbocycles. The lowest BCUT2D eigenvalue weighted by atomic mass is 9.90. The molecule has 0 saturated carbocycles. The number of fused-ring (bicyclic) bond motifs is 3. The van der Waals surface area contributed by atoms with Gasteiger partial charge in [0.25, 0.3) is 0 Å². The SMILES string of the molecule is CCCCc1ccc(C2=Cc3ccc4c(c3OC2)CCC(C)(C)O4)c(O)c1. The third-order valence-electron chi connectivity index (χ3n) is 5.54. The summed E-state index contributed by atoms with van der Waals surface area (Å²) in [6, 6.07) is 10.1. The molecule has 142 valence electrons. The van der Waals surface area contributed by atoms with Crippen LogP contribution in [0, 0.1) is 0 Å². The number of rotatable bonds is 4. The van der Waals surface area contributed by atoms with Crippen LogP contribution in [0.2, 0.25) is 0 Å². The van der Waals surface area contributed by atoms with Gasteiger partial charge in [0.2, 0.25) is 0 Å². The van der Waals surface area contributed by atoms with Gasteiger partial charge < -0.3 is 14.6 Å². The van der Waals surface area contributed by atoms with Crippen LogP contribution in [0.25, 0.3) is 11.6 Å². The quantitative estimate of drug-likeness (QED) is 0.748. The highest BCUT2D eigenvalue weighted by molar-refractivity contribution is 5.88. The molecule has 1 N–H and O–H groups in total. The van der Waals surface area contributed by atoms with Gasteiger partial charge in [0, 0.05) is 22.3 Å². The molecule has 0 aliphatic carbocycles. The van der Waals surface area contributed by atoms with E-state index < -0.39 is 0 Å². The Morgan fingerprint density at radius 3 is 2.78 bits per heavy atom. The second kappa shape index (κ2) is 6.95. The summed E-state index contributed by atoms with van der Waals surface area (Å²) >= 11 is 0. The number of unbranched alkanes of at least 4 members (excludes halogenated alkanes) is 1. The van der Waals surface area contributed by atoms with E-state index in [1.807, 2.05) is 18.2 Å². The second-order valence-electron chi connectivity index (χ2n) is 8.24. The molecule has 4 rings (SSSR count). The monoisotopic (exact) mass is 364 g/mol. The summed E-state index contributed by atoms with van der Waals surface area (Å²) in [5, 5.41) is 10.5. The minimum atomic E-state index is -0.123. The molecule has 0 unspecified atom stereocenters. The Kier molecular flexibility index (Phi) is 4.63. The number of ether oxygens (including phenoxy) is 2. The fourth-order valence-electron chi connectivity index (χ4n) is 3.94. The molecule has 0 radical (unpaired) electrons. The Bertz CT molecular complexity index is 893. The minimum absolute atomic E-state index is 0.123. The zero-order valence-corrected chi connectivity index (χ0v) is 16.5. The molecule has 2 aliphatic heterocycles. The Labute approximate surface area is 161 Å². The standard InChI is InChI=1S/C24H28O3/c1-4-5-6-16-7-9-19(21(25)13-16)18-14-17-8-10-22-20(23(17)26-15-18)11-12-24(2,3)27-22/h7-10,13-14,25H,4-6,11-12,15H2,1-3H3. The molecular formula is C24H28O3. The van der Waals surface area contributed by atoms with Crippen molar-refractivity contribution in [3.8, 4) is 17.2 Å². The van der Waals surface area contributed by atoms with Gasteiger partial charge in [-0.25, -0.2) is 0 Å². The molecule has 3 heteroatoms. The lowest BCUT2D eigenvalue weighted by Gasteiger charge is -2.34. The summed E-state index contributed by atoms with van der Waals surface area (Å²) in [5.74, 6) is 2.21. The zero-order chi connectivity index (χ0) is 19.0. The summed E-state index contributed by atoms with van der Waals surface area (Å²) in [4.78, 5) is 0. The van der Waals surface area contributed by atoms with Crippen molar-refractivity contribution in [2.75, 3.05) is 6.61 Å². The Balaban J connectivity index is 1.64. The van der Waals surface area contributed by atoms with E-state index in [1.54, 1.807) is 0 Å². The highest BCUT2D eigenvalue weighted by Crippen LogP contribution is 2.44. The van der Waals surface area contributed by atoms with E-state index in [2.05, 4.69) is 39.0 Å². The van der Waals surface area contributed by atoms with Gasteiger partial charge in [-0.05, 0) is 69.4 Å². The maximum atomic E-state index is 10.5. The van der Waals surface area contributed by atoms with Crippen LogP contribution in [-0.4, -0.2) is 17.3 Å². The third-order valence-corrected chi connectivity index (χ3v) is 5.54. The van der Waals surface area contributed by atoms with Gasteiger partial charge in [-0.1, -0.05) is 25.5 Å². The lowest BCUT2D eigenvalue weighted by Crippen LogP contribution is -2.33. The van der Waals surface area contributed by atoms with Crippen molar-refractivity contribution in [2.45, 2.75) is 58.5 Å². The van der Waals surface area contributed by atoms with Gasteiger partial charge in [0.05, 0.1) is 0 Å². The molecule has 2 aliphatic rings. The van der Waals surface area contributed by atoms with Crippen LogP contribution in [-0.2, 0) is 12.8 Å². The van der Waals surface area contributed by atoms with E-state index in [0.717, 1.165) is 60.3 Å². The van der Waals surface area contributed by atoms with Gasteiger partial charge in [-0.2, -0.15) is 0 Å². The third kappa shape index (κ3) is 3.55. The predicted octanol–water partition coefficient (Wildman–Crippen LogP) is 5.77. The highest BCUT2D eigenvalue weighted by Gasteiger charge is 2.30. The molecule has 0 atom stereocenters. The zero-order valence-electron chi connectivity index (χ0n) is 16.5. The summed E-state index contributed by atoms with van der Waals surface area (Å²) in [5.41, 5.74) is 5.16. The van der Waals surface area contributed by atoms with Crippen molar-refractivity contribution < 1.29 is 14.6 Å². The number of hydrogen-bond acceptors (Lipinski definition) is 3. The Morgan fingerprint density at radius 2 is 2.00 bits per heavy atom. The minimum Gasteiger partial charge on any atom is -0.507 e. The van der Waals surface area contributed by atoms with E-state index in [1.165, 1.54) is 11.1 Å². The second-order valence-corrected chi connectivity index (χ2v) is 8.24. The van der Waals surface area contributed by atoms with Gasteiger partial charge in [-0.15, -0.1) is 0 Å². The van der Waals surface area contributed by atoms with Crippen molar-refractivity contribution >= 4 is 11.6 Å². The fourth-order valence-corrected chi connectivity index (χ4v) is 3.94. The molecule has 0 spiro atoms. The number of hydrogen-bond donors (Lipinski definition) is 1. The molecule has 0 fully saturated rings. The molecule has 0 amide bonds. The summed E-state index contributed by atoms with van der Waals surface area (Å²) in [6.07, 6.45) is 7.39. The Hall–Kier alpha value is -2.42. The normalized spacial score (nSPS) is 17.2. The van der Waals surface area contributed by atoms with Crippen molar-refractivity contribution in [1.82, 2.24) is 0 Å². The van der Waals surface area contributed by atoms with Crippen molar-refractivity contribution in [2.24, 2.45) is 0 Å². The van der Waals surface area contributed by atoms with Crippen LogP contribution in [0.3, 0.4) is 0 Å². The highest BCUT2D eigenvalue weighted by atomic mass is 16.5. The van der Waals surface area contributed by atoms with Crippen LogP contribution in [0.15, 0.2) is 30.3 Å².